The number of carbonyl (C=O) groups is 3. The Morgan fingerprint density at radius 3 is 2.59 bits per heavy atom. The molecule has 1 atom stereocenters. The lowest BCUT2D eigenvalue weighted by Crippen LogP contribution is -2.47. The van der Waals surface area contributed by atoms with Crippen LogP contribution in [0.3, 0.4) is 0 Å². The van der Waals surface area contributed by atoms with E-state index in [1.54, 1.807) is 12.1 Å². The van der Waals surface area contributed by atoms with Gasteiger partial charge in [-0.25, -0.2) is 8.78 Å². The molecule has 140 valence electrons. The first-order chi connectivity index (χ1) is 12.8. The van der Waals surface area contributed by atoms with Gasteiger partial charge in [0.15, 0.2) is 11.9 Å². The molecule has 3 rings (SSSR count). The summed E-state index contributed by atoms with van der Waals surface area (Å²) < 4.78 is 32.2. The molecule has 0 aliphatic carbocycles. The lowest BCUT2D eigenvalue weighted by molar-refractivity contribution is -0.127. The van der Waals surface area contributed by atoms with Crippen LogP contribution in [-0.4, -0.2) is 30.2 Å². The molecule has 0 spiro atoms. The second-order valence-corrected chi connectivity index (χ2v) is 6.10. The van der Waals surface area contributed by atoms with Crippen molar-refractivity contribution in [2.75, 3.05) is 16.8 Å². The molecule has 0 saturated heterocycles. The van der Waals surface area contributed by atoms with E-state index >= 15 is 0 Å². The van der Waals surface area contributed by atoms with E-state index in [1.165, 1.54) is 24.8 Å². The molecule has 0 aromatic heterocycles. The van der Waals surface area contributed by atoms with Gasteiger partial charge >= 0.3 is 0 Å². The van der Waals surface area contributed by atoms with Gasteiger partial charge in [-0.2, -0.15) is 0 Å². The second kappa shape index (κ2) is 7.14. The van der Waals surface area contributed by atoms with E-state index in [4.69, 9.17) is 4.74 Å². The zero-order valence-electron chi connectivity index (χ0n) is 14.6. The topological polar surface area (TPSA) is 75.7 Å². The van der Waals surface area contributed by atoms with Crippen LogP contribution in [0.5, 0.6) is 5.75 Å². The Morgan fingerprint density at radius 1 is 1.19 bits per heavy atom. The quantitative estimate of drug-likeness (QED) is 0.835. The normalized spacial score (nSPS) is 15.8. The van der Waals surface area contributed by atoms with E-state index in [0.717, 1.165) is 12.1 Å². The van der Waals surface area contributed by atoms with Gasteiger partial charge in [0, 0.05) is 11.6 Å². The summed E-state index contributed by atoms with van der Waals surface area (Å²) in [5.41, 5.74) is 0.433. The summed E-state index contributed by atoms with van der Waals surface area (Å²) in [7, 11) is 0. The minimum atomic E-state index is -0.927. The number of nitrogens with one attached hydrogen (secondary N) is 1. The summed E-state index contributed by atoms with van der Waals surface area (Å²) >= 11 is 0. The van der Waals surface area contributed by atoms with Gasteiger partial charge in [0.1, 0.15) is 23.9 Å². The van der Waals surface area contributed by atoms with Gasteiger partial charge in [0.2, 0.25) is 5.91 Å². The maximum atomic E-state index is 13.7. The van der Waals surface area contributed by atoms with Gasteiger partial charge in [-0.15, -0.1) is 0 Å². The molecule has 2 amide bonds. The molecule has 0 bridgehead atoms. The molecule has 0 saturated carbocycles. The Morgan fingerprint density at radius 2 is 1.93 bits per heavy atom. The number of nitrogens with zero attached hydrogens (tertiary/aromatic N) is 1. The number of ketones is 1. The maximum Gasteiger partial charge on any atom is 0.268 e. The summed E-state index contributed by atoms with van der Waals surface area (Å²) in [5.74, 6) is -2.70. The maximum absolute atomic E-state index is 13.7. The number of amides is 2. The Hall–Kier alpha value is -3.29. The van der Waals surface area contributed by atoms with Crippen LogP contribution < -0.4 is 15.0 Å². The number of ether oxygens (including phenoxy) is 1. The predicted octanol–water partition coefficient (Wildman–Crippen LogP) is 2.92. The van der Waals surface area contributed by atoms with Crippen molar-refractivity contribution in [1.29, 1.82) is 0 Å². The summed E-state index contributed by atoms with van der Waals surface area (Å²) in [5, 5.41) is 2.31. The van der Waals surface area contributed by atoms with E-state index in [1.807, 2.05) is 0 Å². The van der Waals surface area contributed by atoms with Crippen molar-refractivity contribution in [2.45, 2.75) is 20.0 Å². The van der Waals surface area contributed by atoms with Crippen LogP contribution in [0.2, 0.25) is 0 Å². The first-order valence-corrected chi connectivity index (χ1v) is 8.14. The third-order valence-corrected chi connectivity index (χ3v) is 4.08. The van der Waals surface area contributed by atoms with E-state index in [9.17, 15) is 23.2 Å². The minimum Gasteiger partial charge on any atom is -0.479 e. The lowest BCUT2D eigenvalue weighted by Gasteiger charge is -2.32. The Balaban J connectivity index is 1.87. The molecule has 1 heterocycles. The van der Waals surface area contributed by atoms with Crippen LogP contribution in [0.15, 0.2) is 36.4 Å². The van der Waals surface area contributed by atoms with E-state index in [2.05, 4.69) is 5.32 Å². The highest BCUT2D eigenvalue weighted by Gasteiger charge is 2.33. The second-order valence-electron chi connectivity index (χ2n) is 6.10. The van der Waals surface area contributed by atoms with Gasteiger partial charge < -0.3 is 10.1 Å². The summed E-state index contributed by atoms with van der Waals surface area (Å²) in [6.45, 7) is 2.50. The molecule has 0 fully saturated rings. The standard InChI is InChI=1S/C19H16F2N2O4/c1-10(24)12-3-6-17-16(7-12)23(19(26)11(2)27-17)9-18(25)22-15-5-4-13(20)8-14(15)21/h3-8,11H,9H2,1-2H3,(H,22,25). The number of hydrogen-bond donors (Lipinski definition) is 1. The third kappa shape index (κ3) is 3.79. The summed E-state index contributed by atoms with van der Waals surface area (Å²) in [4.78, 5) is 37.6. The number of hydrogen-bond acceptors (Lipinski definition) is 4. The van der Waals surface area contributed by atoms with E-state index in [0.29, 0.717) is 17.4 Å². The fraction of sp³-hybridized carbons (Fsp3) is 0.211. The molecule has 1 aliphatic rings. The Kier molecular flexibility index (Phi) is 4.89. The fourth-order valence-electron chi connectivity index (χ4n) is 2.71. The lowest BCUT2D eigenvalue weighted by atomic mass is 10.1. The van der Waals surface area contributed by atoms with Crippen molar-refractivity contribution in [3.05, 3.63) is 53.6 Å². The smallest absolute Gasteiger partial charge is 0.268 e. The monoisotopic (exact) mass is 374 g/mol. The zero-order chi connectivity index (χ0) is 19.7. The first-order valence-electron chi connectivity index (χ1n) is 8.14. The number of carbonyl (C=O) groups excluding carboxylic acids is 3. The highest BCUT2D eigenvalue weighted by atomic mass is 19.1. The van der Waals surface area contributed by atoms with Crippen LogP contribution in [0, 0.1) is 11.6 Å². The van der Waals surface area contributed by atoms with Crippen LogP contribution in [-0.2, 0) is 9.59 Å². The van der Waals surface area contributed by atoms with Crippen LogP contribution in [0.25, 0.3) is 0 Å². The van der Waals surface area contributed by atoms with Gasteiger partial charge in [0.05, 0.1) is 11.4 Å². The molecule has 6 nitrogen and oxygen atoms in total. The van der Waals surface area contributed by atoms with Crippen molar-refractivity contribution in [3.63, 3.8) is 0 Å². The fourth-order valence-corrected chi connectivity index (χ4v) is 2.71. The largest absolute Gasteiger partial charge is 0.479 e. The van der Waals surface area contributed by atoms with E-state index in [-0.39, 0.29) is 17.2 Å². The summed E-state index contributed by atoms with van der Waals surface area (Å²) in [6.07, 6.45) is -0.823. The SMILES string of the molecule is CC(=O)c1ccc2c(c1)N(CC(=O)Nc1ccc(F)cc1F)C(=O)C(C)O2. The van der Waals surface area contributed by atoms with Crippen LogP contribution in [0.1, 0.15) is 24.2 Å². The molecule has 2 aromatic rings. The first kappa shape index (κ1) is 18.5. The molecule has 1 unspecified atom stereocenters. The van der Waals surface area contributed by atoms with Gasteiger partial charge in [-0.05, 0) is 44.2 Å². The number of benzene rings is 2. The number of rotatable bonds is 4. The Bertz CT molecular complexity index is 945. The number of halogens is 2. The summed E-state index contributed by atoms with van der Waals surface area (Å²) in [6, 6.07) is 7.33. The molecule has 1 N–H and O–H groups in total. The highest BCUT2D eigenvalue weighted by Crippen LogP contribution is 2.35. The molecule has 8 heteroatoms. The van der Waals surface area contributed by atoms with Crippen molar-refractivity contribution in [2.24, 2.45) is 0 Å². The van der Waals surface area contributed by atoms with Crippen LogP contribution in [0.4, 0.5) is 20.2 Å². The van der Waals surface area contributed by atoms with Crippen LogP contribution >= 0.6 is 0 Å². The third-order valence-electron chi connectivity index (χ3n) is 4.08. The highest BCUT2D eigenvalue weighted by molar-refractivity contribution is 6.07. The predicted molar refractivity (Wildman–Crippen MR) is 93.9 cm³/mol. The minimum absolute atomic E-state index is 0.201. The average Bonchev–Trinajstić information content (AvgIpc) is 2.61. The van der Waals surface area contributed by atoms with Crippen molar-refractivity contribution in [1.82, 2.24) is 0 Å². The molecular formula is C19H16F2N2O4. The average molecular weight is 374 g/mol. The molecule has 2 aromatic carbocycles. The molecule has 1 aliphatic heterocycles. The number of anilines is 2. The van der Waals surface area contributed by atoms with Crippen molar-refractivity contribution < 1.29 is 27.9 Å². The van der Waals surface area contributed by atoms with Crippen molar-refractivity contribution in [3.8, 4) is 5.75 Å². The van der Waals surface area contributed by atoms with Crippen molar-refractivity contribution >= 4 is 29.0 Å². The van der Waals surface area contributed by atoms with Gasteiger partial charge in [0.25, 0.3) is 5.91 Å². The van der Waals surface area contributed by atoms with Gasteiger partial charge in [-0.3, -0.25) is 19.3 Å². The van der Waals surface area contributed by atoms with Gasteiger partial charge in [-0.1, -0.05) is 0 Å². The molecule has 27 heavy (non-hydrogen) atoms. The molecule has 0 radical (unpaired) electrons. The number of fused-ring (bicyclic) bond motifs is 1. The molecular weight excluding hydrogens is 358 g/mol. The van der Waals surface area contributed by atoms with E-state index < -0.39 is 36.1 Å². The number of Topliss-reactive ketones (excluding diaryl/α,β-unsaturated/α-hetero) is 1. The zero-order valence-corrected chi connectivity index (χ0v) is 14.6. The Labute approximate surface area is 153 Å².